The van der Waals surface area contributed by atoms with Crippen molar-refractivity contribution in [2.45, 2.75) is 96.4 Å². The highest BCUT2D eigenvalue weighted by Crippen LogP contribution is 2.31. The first-order valence-corrected chi connectivity index (χ1v) is 14.1. The van der Waals surface area contributed by atoms with Gasteiger partial charge in [-0.05, 0) is 63.8 Å². The minimum atomic E-state index is -1.10. The summed E-state index contributed by atoms with van der Waals surface area (Å²) in [4.78, 5) is 42.4. The molecule has 0 aromatic heterocycles. The van der Waals surface area contributed by atoms with Gasteiger partial charge >= 0.3 is 6.09 Å². The highest BCUT2D eigenvalue weighted by molar-refractivity contribution is 5.92. The Bertz CT molecular complexity index is 1140. The molecular weight excluding hydrogens is 510 g/mol. The van der Waals surface area contributed by atoms with Gasteiger partial charge in [0.1, 0.15) is 29.2 Å². The average Bonchev–Trinajstić information content (AvgIpc) is 2.89. The highest BCUT2D eigenvalue weighted by Gasteiger charge is 2.38. The van der Waals surface area contributed by atoms with Crippen molar-refractivity contribution in [1.29, 1.82) is 0 Å². The molecule has 2 unspecified atom stereocenters. The Morgan fingerprint density at radius 2 is 1.65 bits per heavy atom. The molecule has 0 spiro atoms. The van der Waals surface area contributed by atoms with E-state index in [2.05, 4.69) is 10.6 Å². The van der Waals surface area contributed by atoms with E-state index in [1.165, 1.54) is 23.1 Å². The van der Waals surface area contributed by atoms with E-state index in [9.17, 15) is 24.6 Å². The van der Waals surface area contributed by atoms with Crippen LogP contribution in [-0.2, 0) is 20.7 Å². The maximum atomic E-state index is 14.3. The molecule has 2 aromatic carbocycles. The van der Waals surface area contributed by atoms with Crippen LogP contribution in [0.15, 0.2) is 48.5 Å². The molecule has 2 atom stereocenters. The van der Waals surface area contributed by atoms with Gasteiger partial charge in [-0.3, -0.25) is 9.59 Å². The molecule has 1 saturated carbocycles. The molecule has 1 aliphatic carbocycles. The Kier molecular flexibility index (Phi) is 10.8. The summed E-state index contributed by atoms with van der Waals surface area (Å²) in [5.74, 6) is -0.850. The van der Waals surface area contributed by atoms with Crippen LogP contribution in [0.5, 0.6) is 11.5 Å². The van der Waals surface area contributed by atoms with Crippen LogP contribution < -0.4 is 10.6 Å². The monoisotopic (exact) mass is 553 g/mol. The van der Waals surface area contributed by atoms with Gasteiger partial charge in [0.05, 0.1) is 0 Å². The number of amides is 3. The van der Waals surface area contributed by atoms with Crippen LogP contribution in [0.3, 0.4) is 0 Å². The molecule has 1 fully saturated rings. The molecule has 3 rings (SSSR count). The summed E-state index contributed by atoms with van der Waals surface area (Å²) < 4.78 is 5.45. The van der Waals surface area contributed by atoms with E-state index >= 15 is 0 Å². The second-order valence-corrected chi connectivity index (χ2v) is 11.4. The fraction of sp³-hybridized carbons (Fsp3) is 0.516. The normalized spacial score (nSPS) is 15.5. The maximum Gasteiger partial charge on any atom is 0.408 e. The van der Waals surface area contributed by atoms with E-state index in [0.29, 0.717) is 17.5 Å². The Balaban J connectivity index is 1.99. The fourth-order valence-electron chi connectivity index (χ4n) is 5.02. The summed E-state index contributed by atoms with van der Waals surface area (Å²) in [6, 6.07) is 10.7. The Labute approximate surface area is 236 Å². The molecule has 0 radical (unpaired) electrons. The van der Waals surface area contributed by atoms with Crippen molar-refractivity contribution < 1.29 is 29.3 Å². The van der Waals surface area contributed by atoms with Gasteiger partial charge in [0.25, 0.3) is 0 Å². The molecule has 9 nitrogen and oxygen atoms in total. The van der Waals surface area contributed by atoms with Gasteiger partial charge in [-0.15, -0.1) is 0 Å². The van der Waals surface area contributed by atoms with Gasteiger partial charge in [-0.2, -0.15) is 0 Å². The number of ether oxygens (including phenoxy) is 1. The molecule has 40 heavy (non-hydrogen) atoms. The number of nitrogens with zero attached hydrogens (tertiary/aromatic N) is 1. The van der Waals surface area contributed by atoms with Crippen LogP contribution in [0.1, 0.15) is 83.4 Å². The molecule has 1 aliphatic rings. The Hall–Kier alpha value is -3.75. The SMILES string of the molecule is CCCN(C(=O)C(Cc1ccc(O)cc1)NC(=O)OC(C)(C)C)C(C(=O)NC1CCCCC1)c1ccccc1O. The van der Waals surface area contributed by atoms with Gasteiger partial charge in [-0.25, -0.2) is 4.79 Å². The summed E-state index contributed by atoms with van der Waals surface area (Å²) in [5, 5.41) is 26.3. The van der Waals surface area contributed by atoms with Gasteiger partial charge in [0.2, 0.25) is 11.8 Å². The summed E-state index contributed by atoms with van der Waals surface area (Å²) in [6.45, 7) is 7.32. The maximum absolute atomic E-state index is 14.3. The van der Waals surface area contributed by atoms with E-state index in [4.69, 9.17) is 4.74 Å². The molecule has 0 saturated heterocycles. The largest absolute Gasteiger partial charge is 0.508 e. The van der Waals surface area contributed by atoms with Crippen molar-refractivity contribution >= 4 is 17.9 Å². The van der Waals surface area contributed by atoms with Crippen molar-refractivity contribution in [2.75, 3.05) is 6.54 Å². The molecule has 0 heterocycles. The van der Waals surface area contributed by atoms with Crippen molar-refractivity contribution in [3.05, 3.63) is 59.7 Å². The third-order valence-electron chi connectivity index (χ3n) is 6.86. The number of phenolic OH excluding ortho intramolecular Hbond substituents is 2. The van der Waals surface area contributed by atoms with Crippen LogP contribution in [0.4, 0.5) is 4.79 Å². The lowest BCUT2D eigenvalue weighted by Gasteiger charge is -2.35. The minimum Gasteiger partial charge on any atom is -0.508 e. The second-order valence-electron chi connectivity index (χ2n) is 11.4. The van der Waals surface area contributed by atoms with Crippen molar-refractivity contribution in [3.8, 4) is 11.5 Å². The van der Waals surface area contributed by atoms with Gasteiger partial charge < -0.3 is 30.5 Å². The quantitative estimate of drug-likeness (QED) is 0.329. The summed E-state index contributed by atoms with van der Waals surface area (Å²) in [6.07, 6.45) is 4.81. The zero-order valence-electron chi connectivity index (χ0n) is 24.0. The van der Waals surface area contributed by atoms with Crippen LogP contribution >= 0.6 is 0 Å². The first-order chi connectivity index (χ1) is 19.0. The first-order valence-electron chi connectivity index (χ1n) is 14.1. The average molecular weight is 554 g/mol. The van der Waals surface area contributed by atoms with Crippen molar-refractivity contribution in [1.82, 2.24) is 15.5 Å². The lowest BCUT2D eigenvalue weighted by atomic mass is 9.94. The van der Waals surface area contributed by atoms with Gasteiger partial charge in [0.15, 0.2) is 0 Å². The first kappa shape index (κ1) is 30.8. The summed E-state index contributed by atoms with van der Waals surface area (Å²) >= 11 is 0. The number of aromatic hydroxyl groups is 2. The lowest BCUT2D eigenvalue weighted by Crippen LogP contribution is -2.54. The number of phenols is 2. The number of hydrogen-bond acceptors (Lipinski definition) is 6. The molecule has 0 bridgehead atoms. The molecule has 0 aliphatic heterocycles. The molecule has 2 aromatic rings. The van der Waals surface area contributed by atoms with Crippen LogP contribution in [-0.4, -0.2) is 57.3 Å². The zero-order chi connectivity index (χ0) is 29.3. The Morgan fingerprint density at radius 1 is 1.00 bits per heavy atom. The van der Waals surface area contributed by atoms with E-state index in [1.807, 2.05) is 6.92 Å². The molecule has 9 heteroatoms. The molecule has 4 N–H and O–H groups in total. The molecular formula is C31H43N3O6. The molecule has 218 valence electrons. The van der Waals surface area contributed by atoms with Gasteiger partial charge in [-0.1, -0.05) is 56.5 Å². The number of alkyl carbamates (subject to hydrolysis) is 1. The highest BCUT2D eigenvalue weighted by atomic mass is 16.6. The summed E-state index contributed by atoms with van der Waals surface area (Å²) in [7, 11) is 0. The lowest BCUT2D eigenvalue weighted by molar-refractivity contribution is -0.143. The smallest absolute Gasteiger partial charge is 0.408 e. The number of hydrogen-bond donors (Lipinski definition) is 4. The van der Waals surface area contributed by atoms with Crippen molar-refractivity contribution in [2.24, 2.45) is 0 Å². The van der Waals surface area contributed by atoms with Crippen LogP contribution in [0.2, 0.25) is 0 Å². The predicted molar refractivity (Wildman–Crippen MR) is 153 cm³/mol. The topological polar surface area (TPSA) is 128 Å². The fourth-order valence-corrected chi connectivity index (χ4v) is 5.02. The standard InChI is InChI=1S/C31H43N3O6/c1-5-19-34(27(24-13-9-10-14-26(24)36)28(37)32-22-11-7-6-8-12-22)29(38)25(33-30(39)40-31(2,3)4)20-21-15-17-23(35)18-16-21/h9-10,13-18,22,25,27,35-36H,5-8,11-12,19-20H2,1-4H3,(H,32,37)(H,33,39). The van der Waals surface area contributed by atoms with E-state index < -0.39 is 29.7 Å². The number of carbonyl (C=O) groups is 3. The zero-order valence-corrected chi connectivity index (χ0v) is 24.0. The number of benzene rings is 2. The Morgan fingerprint density at radius 3 is 2.25 bits per heavy atom. The van der Waals surface area contributed by atoms with Crippen LogP contribution in [0, 0.1) is 0 Å². The number of nitrogens with one attached hydrogen (secondary N) is 2. The third kappa shape index (κ3) is 8.89. The van der Waals surface area contributed by atoms with E-state index in [-0.39, 0.29) is 36.4 Å². The van der Waals surface area contributed by atoms with Crippen LogP contribution in [0.25, 0.3) is 0 Å². The van der Waals surface area contributed by atoms with E-state index in [0.717, 1.165) is 32.1 Å². The van der Waals surface area contributed by atoms with Gasteiger partial charge in [0, 0.05) is 24.6 Å². The minimum absolute atomic E-state index is 0.000801. The van der Waals surface area contributed by atoms with Crippen molar-refractivity contribution in [3.63, 3.8) is 0 Å². The van der Waals surface area contributed by atoms with E-state index in [1.54, 1.807) is 51.1 Å². The predicted octanol–water partition coefficient (Wildman–Crippen LogP) is 4.96. The number of para-hydroxylation sites is 1. The number of carbonyl (C=O) groups excluding carboxylic acids is 3. The second kappa shape index (κ2) is 14.1. The summed E-state index contributed by atoms with van der Waals surface area (Å²) in [5.41, 5.74) is 0.241. The molecule has 3 amide bonds. The number of rotatable bonds is 10. The third-order valence-corrected chi connectivity index (χ3v) is 6.86.